The van der Waals surface area contributed by atoms with Crippen molar-refractivity contribution in [2.24, 2.45) is 0 Å². The number of nitrogens with one attached hydrogen (secondary N) is 3. The zero-order valence-electron chi connectivity index (χ0n) is 11.6. The lowest BCUT2D eigenvalue weighted by Crippen LogP contribution is -2.46. The first-order valence-corrected chi connectivity index (χ1v) is 6.85. The monoisotopic (exact) mass is 279 g/mol. The van der Waals surface area contributed by atoms with E-state index in [1.807, 2.05) is 38.1 Å². The molecule has 0 aliphatic rings. The van der Waals surface area contributed by atoms with Crippen molar-refractivity contribution in [3.05, 3.63) is 29.8 Å². The molecule has 0 spiro atoms. The lowest BCUT2D eigenvalue weighted by Gasteiger charge is -2.16. The third-order valence-corrected chi connectivity index (χ3v) is 2.79. The lowest BCUT2D eigenvalue weighted by atomic mass is 10.2. The first kappa shape index (κ1) is 15.4. The third-order valence-electron chi connectivity index (χ3n) is 2.57. The summed E-state index contributed by atoms with van der Waals surface area (Å²) in [6.45, 7) is 6.50. The van der Waals surface area contributed by atoms with Gasteiger partial charge in [0, 0.05) is 12.2 Å². The zero-order valence-corrected chi connectivity index (χ0v) is 12.4. The van der Waals surface area contributed by atoms with Gasteiger partial charge in [0.05, 0.1) is 0 Å². The van der Waals surface area contributed by atoms with Crippen LogP contribution >= 0.6 is 12.2 Å². The van der Waals surface area contributed by atoms with Crippen LogP contribution in [-0.4, -0.2) is 23.6 Å². The number of carbonyl (C=O) groups is 1. The van der Waals surface area contributed by atoms with Crippen LogP contribution in [0, 0.1) is 6.92 Å². The summed E-state index contributed by atoms with van der Waals surface area (Å²) in [5.74, 6) is -0.0461. The van der Waals surface area contributed by atoms with Crippen molar-refractivity contribution in [2.45, 2.75) is 33.2 Å². The van der Waals surface area contributed by atoms with Crippen LogP contribution in [-0.2, 0) is 4.79 Å². The summed E-state index contributed by atoms with van der Waals surface area (Å²) in [6, 6.07) is 7.55. The number of amides is 1. The van der Waals surface area contributed by atoms with E-state index in [0.717, 1.165) is 17.7 Å². The van der Waals surface area contributed by atoms with Crippen LogP contribution in [0.3, 0.4) is 0 Å². The Morgan fingerprint density at radius 3 is 2.79 bits per heavy atom. The average molecular weight is 279 g/mol. The number of rotatable bonds is 5. The van der Waals surface area contributed by atoms with E-state index in [1.165, 1.54) is 0 Å². The molecule has 1 atom stereocenters. The molecule has 0 aliphatic heterocycles. The second-order valence-electron chi connectivity index (χ2n) is 4.48. The number of benzene rings is 1. The Hall–Kier alpha value is -1.62. The van der Waals surface area contributed by atoms with Gasteiger partial charge in [-0.25, -0.2) is 0 Å². The standard InChI is InChI=1S/C14H21N3OS/c1-4-8-15-13(18)11(3)16-14(19)17-12-7-5-6-10(2)9-12/h5-7,9,11H,4,8H2,1-3H3,(H,15,18)(H2,16,17,19)/t11-/m0/s1. The minimum Gasteiger partial charge on any atom is -0.354 e. The first-order chi connectivity index (χ1) is 9.02. The molecule has 1 aromatic carbocycles. The molecule has 4 nitrogen and oxygen atoms in total. The van der Waals surface area contributed by atoms with Crippen LogP contribution in [0.15, 0.2) is 24.3 Å². The topological polar surface area (TPSA) is 53.2 Å². The molecule has 5 heteroatoms. The number of hydrogen-bond acceptors (Lipinski definition) is 2. The predicted molar refractivity (Wildman–Crippen MR) is 83.3 cm³/mol. The van der Waals surface area contributed by atoms with E-state index in [4.69, 9.17) is 12.2 Å². The van der Waals surface area contributed by atoms with Gasteiger partial charge in [0.15, 0.2) is 5.11 Å². The molecule has 0 radical (unpaired) electrons. The van der Waals surface area contributed by atoms with Crippen LogP contribution in [0.5, 0.6) is 0 Å². The highest BCUT2D eigenvalue weighted by Gasteiger charge is 2.12. The fourth-order valence-corrected chi connectivity index (χ4v) is 1.85. The van der Waals surface area contributed by atoms with E-state index < -0.39 is 0 Å². The fourth-order valence-electron chi connectivity index (χ4n) is 1.55. The van der Waals surface area contributed by atoms with Gasteiger partial charge in [0.25, 0.3) is 0 Å². The van der Waals surface area contributed by atoms with Gasteiger partial charge in [-0.15, -0.1) is 0 Å². The lowest BCUT2D eigenvalue weighted by molar-refractivity contribution is -0.122. The van der Waals surface area contributed by atoms with Crippen LogP contribution < -0.4 is 16.0 Å². The summed E-state index contributed by atoms with van der Waals surface area (Å²) in [7, 11) is 0. The second-order valence-corrected chi connectivity index (χ2v) is 4.89. The molecular formula is C14H21N3OS. The molecule has 1 rings (SSSR count). The van der Waals surface area contributed by atoms with Crippen molar-refractivity contribution in [1.82, 2.24) is 10.6 Å². The summed E-state index contributed by atoms with van der Waals surface area (Å²) in [4.78, 5) is 11.7. The van der Waals surface area contributed by atoms with Gasteiger partial charge in [-0.1, -0.05) is 19.1 Å². The molecule has 0 saturated heterocycles. The maximum absolute atomic E-state index is 11.7. The summed E-state index contributed by atoms with van der Waals surface area (Å²) in [5.41, 5.74) is 2.07. The van der Waals surface area contributed by atoms with Gasteiger partial charge in [-0.05, 0) is 50.2 Å². The van der Waals surface area contributed by atoms with Gasteiger partial charge in [0.1, 0.15) is 6.04 Å². The smallest absolute Gasteiger partial charge is 0.242 e. The highest BCUT2D eigenvalue weighted by Crippen LogP contribution is 2.09. The van der Waals surface area contributed by atoms with Crippen molar-refractivity contribution < 1.29 is 4.79 Å². The van der Waals surface area contributed by atoms with E-state index >= 15 is 0 Å². The van der Waals surface area contributed by atoms with Crippen molar-refractivity contribution in [3.8, 4) is 0 Å². The van der Waals surface area contributed by atoms with E-state index in [0.29, 0.717) is 11.7 Å². The number of carbonyl (C=O) groups excluding carboxylic acids is 1. The molecule has 0 bridgehead atoms. The van der Waals surface area contributed by atoms with Crippen molar-refractivity contribution in [1.29, 1.82) is 0 Å². The fraction of sp³-hybridized carbons (Fsp3) is 0.429. The molecular weight excluding hydrogens is 258 g/mol. The highest BCUT2D eigenvalue weighted by molar-refractivity contribution is 7.80. The van der Waals surface area contributed by atoms with Crippen LogP contribution in [0.4, 0.5) is 5.69 Å². The Morgan fingerprint density at radius 2 is 2.16 bits per heavy atom. The summed E-state index contributed by atoms with van der Waals surface area (Å²) < 4.78 is 0. The van der Waals surface area contributed by atoms with Gasteiger partial charge in [0.2, 0.25) is 5.91 Å². The molecule has 0 aromatic heterocycles. The van der Waals surface area contributed by atoms with Crippen LogP contribution in [0.1, 0.15) is 25.8 Å². The minimum absolute atomic E-state index is 0.0461. The van der Waals surface area contributed by atoms with Gasteiger partial charge in [-0.3, -0.25) is 4.79 Å². The van der Waals surface area contributed by atoms with E-state index in [-0.39, 0.29) is 11.9 Å². The average Bonchev–Trinajstić information content (AvgIpc) is 2.35. The normalized spacial score (nSPS) is 11.5. The second kappa shape index (κ2) is 7.74. The largest absolute Gasteiger partial charge is 0.354 e. The molecule has 19 heavy (non-hydrogen) atoms. The van der Waals surface area contributed by atoms with Crippen LogP contribution in [0.2, 0.25) is 0 Å². The summed E-state index contributed by atoms with van der Waals surface area (Å²) in [5, 5.41) is 9.30. The van der Waals surface area contributed by atoms with Crippen molar-refractivity contribution >= 4 is 28.9 Å². The minimum atomic E-state index is -0.351. The van der Waals surface area contributed by atoms with Gasteiger partial charge < -0.3 is 16.0 Å². The number of aryl methyl sites for hydroxylation is 1. The highest BCUT2D eigenvalue weighted by atomic mass is 32.1. The van der Waals surface area contributed by atoms with Crippen molar-refractivity contribution in [3.63, 3.8) is 0 Å². The summed E-state index contributed by atoms with van der Waals surface area (Å²) in [6.07, 6.45) is 0.921. The molecule has 1 amide bonds. The zero-order chi connectivity index (χ0) is 14.3. The Morgan fingerprint density at radius 1 is 1.42 bits per heavy atom. The Labute approximate surface area is 120 Å². The Kier molecular flexibility index (Phi) is 6.29. The number of thiocarbonyl (C=S) groups is 1. The van der Waals surface area contributed by atoms with Gasteiger partial charge in [-0.2, -0.15) is 0 Å². The van der Waals surface area contributed by atoms with Crippen molar-refractivity contribution in [2.75, 3.05) is 11.9 Å². The number of hydrogen-bond donors (Lipinski definition) is 3. The first-order valence-electron chi connectivity index (χ1n) is 6.44. The molecule has 1 aromatic rings. The molecule has 0 unspecified atom stereocenters. The SMILES string of the molecule is CCCNC(=O)[C@H](C)NC(=S)Nc1cccc(C)c1. The maximum Gasteiger partial charge on any atom is 0.242 e. The maximum atomic E-state index is 11.7. The van der Waals surface area contributed by atoms with Gasteiger partial charge >= 0.3 is 0 Å². The molecule has 3 N–H and O–H groups in total. The molecule has 0 fully saturated rings. The third kappa shape index (κ3) is 5.70. The van der Waals surface area contributed by atoms with E-state index in [9.17, 15) is 4.79 Å². The van der Waals surface area contributed by atoms with Crippen LogP contribution in [0.25, 0.3) is 0 Å². The van der Waals surface area contributed by atoms with E-state index in [2.05, 4.69) is 16.0 Å². The summed E-state index contributed by atoms with van der Waals surface area (Å²) >= 11 is 5.19. The molecule has 0 aliphatic carbocycles. The van der Waals surface area contributed by atoms with E-state index in [1.54, 1.807) is 6.92 Å². The number of anilines is 1. The molecule has 0 saturated carbocycles. The Balaban J connectivity index is 2.44. The molecule has 0 heterocycles. The molecule has 104 valence electrons. The predicted octanol–water partition coefficient (Wildman–Crippen LogP) is 2.20. The quantitative estimate of drug-likeness (QED) is 0.723. The Bertz CT molecular complexity index is 448.